The molecule has 2 aromatic carbocycles. The minimum Gasteiger partial charge on any atom is -0.392 e. The van der Waals surface area contributed by atoms with E-state index in [9.17, 15) is 14.7 Å². The molecular formula is C21H22N2O3. The van der Waals surface area contributed by atoms with Crippen molar-refractivity contribution in [2.24, 2.45) is 0 Å². The Hall–Kier alpha value is -2.92. The summed E-state index contributed by atoms with van der Waals surface area (Å²) in [7, 11) is 3.28. The lowest BCUT2D eigenvalue weighted by molar-refractivity contribution is 0.0824. The number of hydrogen-bond donors (Lipinski definition) is 1. The van der Waals surface area contributed by atoms with E-state index in [0.29, 0.717) is 28.0 Å². The van der Waals surface area contributed by atoms with E-state index in [1.165, 1.54) is 10.5 Å². The van der Waals surface area contributed by atoms with E-state index in [4.69, 9.17) is 0 Å². The summed E-state index contributed by atoms with van der Waals surface area (Å²) in [6.07, 6.45) is 0.922. The zero-order chi connectivity index (χ0) is 19.0. The Kier molecular flexibility index (Phi) is 4.66. The minimum absolute atomic E-state index is 0.216. The van der Waals surface area contributed by atoms with Crippen LogP contribution in [0.25, 0.3) is 5.70 Å². The number of benzene rings is 2. The van der Waals surface area contributed by atoms with Crippen molar-refractivity contribution in [1.29, 1.82) is 0 Å². The van der Waals surface area contributed by atoms with Crippen LogP contribution in [0.2, 0.25) is 0 Å². The molecule has 0 fully saturated rings. The first-order valence-corrected chi connectivity index (χ1v) is 8.51. The molecular weight excluding hydrogens is 328 g/mol. The van der Waals surface area contributed by atoms with Crippen LogP contribution in [0, 0.1) is 0 Å². The largest absolute Gasteiger partial charge is 0.392 e. The smallest absolute Gasteiger partial charge is 0.263 e. The quantitative estimate of drug-likeness (QED) is 0.922. The van der Waals surface area contributed by atoms with Gasteiger partial charge in [-0.25, -0.2) is 0 Å². The second kappa shape index (κ2) is 6.77. The van der Waals surface area contributed by atoms with Gasteiger partial charge in [0.25, 0.3) is 11.8 Å². The number of rotatable bonds is 4. The maximum absolute atomic E-state index is 13.0. The molecule has 26 heavy (non-hydrogen) atoms. The van der Waals surface area contributed by atoms with Crippen molar-refractivity contribution < 1.29 is 14.7 Å². The molecule has 1 aliphatic heterocycles. The topological polar surface area (TPSA) is 60.9 Å². The molecule has 0 spiro atoms. The Balaban J connectivity index is 2.08. The van der Waals surface area contributed by atoms with Crippen LogP contribution in [0.3, 0.4) is 0 Å². The maximum Gasteiger partial charge on any atom is 0.263 e. The Morgan fingerprint density at radius 1 is 1.15 bits per heavy atom. The first-order valence-electron chi connectivity index (χ1n) is 8.51. The Labute approximate surface area is 153 Å². The van der Waals surface area contributed by atoms with Gasteiger partial charge in [0.05, 0.1) is 17.9 Å². The summed E-state index contributed by atoms with van der Waals surface area (Å²) in [6, 6.07) is 11.0. The fraction of sp³-hybridized carbons (Fsp3) is 0.238. The lowest BCUT2D eigenvalue weighted by Crippen LogP contribution is -2.24. The number of nitrogens with zero attached hydrogens (tertiary/aromatic N) is 2. The molecule has 0 bridgehead atoms. The first-order chi connectivity index (χ1) is 12.4. The third kappa shape index (κ3) is 2.80. The summed E-state index contributed by atoms with van der Waals surface area (Å²) in [5, 5.41) is 9.67. The monoisotopic (exact) mass is 350 g/mol. The number of fused-ring (bicyclic) bond motifs is 1. The van der Waals surface area contributed by atoms with Gasteiger partial charge in [-0.1, -0.05) is 25.6 Å². The fourth-order valence-corrected chi connectivity index (χ4v) is 3.15. The third-order valence-electron chi connectivity index (χ3n) is 4.67. The van der Waals surface area contributed by atoms with Gasteiger partial charge < -0.3 is 10.0 Å². The molecule has 0 saturated heterocycles. The number of anilines is 1. The third-order valence-corrected chi connectivity index (χ3v) is 4.67. The number of carbonyl (C=O) groups excluding carboxylic acids is 2. The predicted octanol–water partition coefficient (Wildman–Crippen LogP) is 3.07. The number of hydrogen-bond acceptors (Lipinski definition) is 3. The molecule has 5 nitrogen and oxygen atoms in total. The van der Waals surface area contributed by atoms with Gasteiger partial charge in [0.2, 0.25) is 0 Å². The molecule has 2 aromatic rings. The van der Waals surface area contributed by atoms with Crippen LogP contribution in [-0.4, -0.2) is 35.9 Å². The molecule has 0 radical (unpaired) electrons. The molecule has 2 amide bonds. The van der Waals surface area contributed by atoms with Gasteiger partial charge in [0, 0.05) is 30.9 Å². The van der Waals surface area contributed by atoms with Gasteiger partial charge in [-0.15, -0.1) is 0 Å². The van der Waals surface area contributed by atoms with E-state index in [-0.39, 0.29) is 18.4 Å². The van der Waals surface area contributed by atoms with E-state index in [2.05, 4.69) is 13.5 Å². The predicted molar refractivity (Wildman–Crippen MR) is 102 cm³/mol. The SMILES string of the molecule is C=C1c2cc(CO)c(C(=O)N(C)C)cc2C(=O)N1c1ccc(CC)cc1. The average Bonchev–Trinajstić information content (AvgIpc) is 2.90. The fourth-order valence-electron chi connectivity index (χ4n) is 3.15. The van der Waals surface area contributed by atoms with Crippen LogP contribution in [0.15, 0.2) is 43.0 Å². The highest BCUT2D eigenvalue weighted by Crippen LogP contribution is 2.37. The minimum atomic E-state index is -0.283. The van der Waals surface area contributed by atoms with Crippen molar-refractivity contribution in [2.75, 3.05) is 19.0 Å². The molecule has 3 rings (SSSR count). The Morgan fingerprint density at radius 3 is 2.35 bits per heavy atom. The summed E-state index contributed by atoms with van der Waals surface area (Å²) >= 11 is 0. The average molecular weight is 350 g/mol. The van der Waals surface area contributed by atoms with Crippen LogP contribution >= 0.6 is 0 Å². The van der Waals surface area contributed by atoms with Crippen LogP contribution in [-0.2, 0) is 13.0 Å². The molecule has 0 aliphatic carbocycles. The number of aryl methyl sites for hydroxylation is 1. The van der Waals surface area contributed by atoms with Crippen LogP contribution in [0.5, 0.6) is 0 Å². The molecule has 0 saturated carbocycles. The van der Waals surface area contributed by atoms with Gasteiger partial charge in [-0.05, 0) is 41.8 Å². The van der Waals surface area contributed by atoms with E-state index in [1.807, 2.05) is 24.3 Å². The van der Waals surface area contributed by atoms with E-state index < -0.39 is 0 Å². The molecule has 0 aromatic heterocycles. The van der Waals surface area contributed by atoms with Crippen molar-refractivity contribution in [3.63, 3.8) is 0 Å². The number of aliphatic hydroxyl groups is 1. The number of carbonyl (C=O) groups is 2. The first kappa shape index (κ1) is 17.9. The van der Waals surface area contributed by atoms with Crippen molar-refractivity contribution in [2.45, 2.75) is 20.0 Å². The standard InChI is InChI=1S/C21H22N2O3/c1-5-14-6-8-16(9-7-14)23-13(2)17-10-15(12-24)18(20(25)22(3)4)11-19(17)21(23)26/h6-11,24H,2,5,12H2,1,3-4H3. The number of amides is 2. The van der Waals surface area contributed by atoms with E-state index >= 15 is 0 Å². The van der Waals surface area contributed by atoms with E-state index in [0.717, 1.165) is 12.1 Å². The van der Waals surface area contributed by atoms with Crippen molar-refractivity contribution in [1.82, 2.24) is 4.90 Å². The summed E-state index contributed by atoms with van der Waals surface area (Å²) in [5.41, 5.74) is 4.36. The molecule has 1 N–H and O–H groups in total. The van der Waals surface area contributed by atoms with Gasteiger partial charge in [-0.2, -0.15) is 0 Å². The van der Waals surface area contributed by atoms with Crippen molar-refractivity contribution in [3.05, 3.63) is 70.8 Å². The molecule has 1 aliphatic rings. The molecule has 1 heterocycles. The Morgan fingerprint density at radius 2 is 1.81 bits per heavy atom. The van der Waals surface area contributed by atoms with Gasteiger partial charge in [0.15, 0.2) is 0 Å². The zero-order valence-electron chi connectivity index (χ0n) is 15.2. The van der Waals surface area contributed by atoms with Gasteiger partial charge in [0.1, 0.15) is 0 Å². The maximum atomic E-state index is 13.0. The highest BCUT2D eigenvalue weighted by Gasteiger charge is 2.34. The normalized spacial score (nSPS) is 13.2. The highest BCUT2D eigenvalue weighted by molar-refractivity contribution is 6.22. The highest BCUT2D eigenvalue weighted by atomic mass is 16.3. The molecule has 134 valence electrons. The lowest BCUT2D eigenvalue weighted by Gasteiger charge is -2.17. The lowest BCUT2D eigenvalue weighted by atomic mass is 9.98. The van der Waals surface area contributed by atoms with Crippen LogP contribution < -0.4 is 4.90 Å². The molecule has 0 unspecified atom stereocenters. The van der Waals surface area contributed by atoms with E-state index in [1.54, 1.807) is 31.1 Å². The van der Waals surface area contributed by atoms with Crippen molar-refractivity contribution >= 4 is 23.2 Å². The van der Waals surface area contributed by atoms with Gasteiger partial charge >= 0.3 is 0 Å². The van der Waals surface area contributed by atoms with Crippen molar-refractivity contribution in [3.8, 4) is 0 Å². The number of aliphatic hydroxyl groups excluding tert-OH is 1. The van der Waals surface area contributed by atoms with Gasteiger partial charge in [-0.3, -0.25) is 14.5 Å². The Bertz CT molecular complexity index is 898. The molecule has 0 atom stereocenters. The summed E-state index contributed by atoms with van der Waals surface area (Å²) < 4.78 is 0. The van der Waals surface area contributed by atoms with Crippen LogP contribution in [0.4, 0.5) is 5.69 Å². The summed E-state index contributed by atoms with van der Waals surface area (Å²) in [6.45, 7) is 5.85. The zero-order valence-corrected chi connectivity index (χ0v) is 15.2. The second-order valence-corrected chi connectivity index (χ2v) is 6.52. The van der Waals surface area contributed by atoms with Crippen LogP contribution in [0.1, 0.15) is 44.3 Å². The summed E-state index contributed by atoms with van der Waals surface area (Å²) in [4.78, 5) is 28.4. The second-order valence-electron chi connectivity index (χ2n) is 6.52. The summed E-state index contributed by atoms with van der Waals surface area (Å²) in [5.74, 6) is -0.465. The molecule has 5 heteroatoms.